The van der Waals surface area contributed by atoms with Crippen LogP contribution in [0.2, 0.25) is 0 Å². The number of hydrazine groups is 1. The Morgan fingerprint density at radius 3 is 2.63 bits per heavy atom. The van der Waals surface area contributed by atoms with Crippen molar-refractivity contribution < 1.29 is 0 Å². The third kappa shape index (κ3) is 3.99. The lowest BCUT2D eigenvalue weighted by Crippen LogP contribution is -2.39. The third-order valence-corrected chi connectivity index (χ3v) is 2.83. The summed E-state index contributed by atoms with van der Waals surface area (Å²) >= 11 is 0. The predicted octanol–water partition coefficient (Wildman–Crippen LogP) is 1.94. The van der Waals surface area contributed by atoms with Crippen molar-refractivity contribution in [2.75, 3.05) is 0 Å². The van der Waals surface area contributed by atoms with Gasteiger partial charge in [-0.05, 0) is 22.8 Å². The maximum Gasteiger partial charge on any atom is 0.0938 e. The Hall–Kier alpha value is -2.01. The number of benzene rings is 2. The highest BCUT2D eigenvalue weighted by Gasteiger charge is 2.04. The van der Waals surface area contributed by atoms with Gasteiger partial charge < -0.3 is 11.1 Å². The molecule has 2 aromatic carbocycles. The van der Waals surface area contributed by atoms with E-state index in [0.29, 0.717) is 6.54 Å². The Kier molecular flexibility index (Phi) is 4.80. The molecule has 0 amide bonds. The minimum Gasteiger partial charge on any atom is -0.311 e. The molecule has 0 aliphatic carbocycles. The highest BCUT2D eigenvalue weighted by Crippen LogP contribution is 2.08. The van der Waals surface area contributed by atoms with Crippen molar-refractivity contribution in [1.82, 2.24) is 10.9 Å². The van der Waals surface area contributed by atoms with Crippen LogP contribution in [-0.4, -0.2) is 6.21 Å². The van der Waals surface area contributed by atoms with Crippen LogP contribution in [-0.2, 0) is 6.54 Å². The summed E-state index contributed by atoms with van der Waals surface area (Å²) in [6.07, 6.45) is 1.01. The number of hydrogen-bond donors (Lipinski definition) is 4. The van der Waals surface area contributed by atoms with E-state index in [1.807, 2.05) is 42.5 Å². The van der Waals surface area contributed by atoms with Gasteiger partial charge in [0.05, 0.1) is 6.17 Å². The van der Waals surface area contributed by atoms with Crippen LogP contribution in [0.1, 0.15) is 22.9 Å². The molecule has 0 fully saturated rings. The first-order valence-corrected chi connectivity index (χ1v) is 6.18. The Morgan fingerprint density at radius 2 is 1.89 bits per heavy atom. The van der Waals surface area contributed by atoms with E-state index in [9.17, 15) is 0 Å². The summed E-state index contributed by atoms with van der Waals surface area (Å²) in [6, 6.07) is 17.7. The van der Waals surface area contributed by atoms with Crippen LogP contribution in [0.5, 0.6) is 0 Å². The second kappa shape index (κ2) is 6.80. The Balaban J connectivity index is 1.87. The molecule has 0 heterocycles. The first-order chi connectivity index (χ1) is 9.29. The van der Waals surface area contributed by atoms with Gasteiger partial charge in [0.2, 0.25) is 0 Å². The molecule has 4 heteroatoms. The molecule has 0 aliphatic rings. The van der Waals surface area contributed by atoms with Crippen LogP contribution in [0, 0.1) is 5.41 Å². The zero-order chi connectivity index (χ0) is 13.5. The van der Waals surface area contributed by atoms with Crippen LogP contribution < -0.4 is 16.6 Å². The van der Waals surface area contributed by atoms with Crippen molar-refractivity contribution in [3.05, 3.63) is 71.3 Å². The smallest absolute Gasteiger partial charge is 0.0938 e. The van der Waals surface area contributed by atoms with Crippen LogP contribution >= 0.6 is 0 Å². The maximum absolute atomic E-state index is 7.23. The van der Waals surface area contributed by atoms with E-state index in [2.05, 4.69) is 23.0 Å². The third-order valence-electron chi connectivity index (χ3n) is 2.83. The SMILES string of the molecule is N=Cc1cccc(C(N)NNCc2ccccc2)c1. The van der Waals surface area contributed by atoms with Gasteiger partial charge in [-0.1, -0.05) is 48.5 Å². The molecule has 0 aliphatic heterocycles. The predicted molar refractivity (Wildman–Crippen MR) is 77.7 cm³/mol. The Bertz CT molecular complexity index is 525. The highest BCUT2D eigenvalue weighted by atomic mass is 15.4. The molecule has 98 valence electrons. The second-order valence-corrected chi connectivity index (χ2v) is 4.28. The molecular weight excluding hydrogens is 236 g/mol. The summed E-state index contributed by atoms with van der Waals surface area (Å²) in [6.45, 7) is 0.707. The first-order valence-electron chi connectivity index (χ1n) is 6.18. The lowest BCUT2D eigenvalue weighted by molar-refractivity contribution is 0.446. The van der Waals surface area contributed by atoms with Crippen molar-refractivity contribution in [3.8, 4) is 0 Å². The number of nitrogens with two attached hydrogens (primary N) is 1. The van der Waals surface area contributed by atoms with Crippen LogP contribution in [0.4, 0.5) is 0 Å². The van der Waals surface area contributed by atoms with Crippen LogP contribution in [0.15, 0.2) is 54.6 Å². The van der Waals surface area contributed by atoms with Gasteiger partial charge in [0.25, 0.3) is 0 Å². The molecule has 0 saturated carbocycles. The Labute approximate surface area is 113 Å². The molecule has 1 atom stereocenters. The molecule has 0 aromatic heterocycles. The summed E-state index contributed by atoms with van der Waals surface area (Å²) in [7, 11) is 0. The molecule has 0 spiro atoms. The quantitative estimate of drug-likeness (QED) is 0.361. The number of rotatable bonds is 6. The van der Waals surface area contributed by atoms with E-state index in [4.69, 9.17) is 11.1 Å². The standard InChI is InChI=1S/C15H18N4/c16-10-13-7-4-8-14(9-13)15(17)19-18-11-12-5-2-1-3-6-12/h1-10,15-16,18-19H,11,17H2. The fraction of sp³-hybridized carbons (Fsp3) is 0.133. The van der Waals surface area contributed by atoms with E-state index in [0.717, 1.165) is 11.1 Å². The number of nitrogens with one attached hydrogen (secondary N) is 3. The molecule has 19 heavy (non-hydrogen) atoms. The lowest BCUT2D eigenvalue weighted by Gasteiger charge is -2.15. The Morgan fingerprint density at radius 1 is 1.11 bits per heavy atom. The molecule has 1 unspecified atom stereocenters. The average molecular weight is 254 g/mol. The first kappa shape index (κ1) is 13.4. The van der Waals surface area contributed by atoms with E-state index < -0.39 is 0 Å². The maximum atomic E-state index is 7.23. The molecule has 0 bridgehead atoms. The zero-order valence-electron chi connectivity index (χ0n) is 10.6. The largest absolute Gasteiger partial charge is 0.311 e. The molecule has 4 nitrogen and oxygen atoms in total. The van der Waals surface area contributed by atoms with E-state index in [1.54, 1.807) is 0 Å². The van der Waals surface area contributed by atoms with E-state index in [-0.39, 0.29) is 6.17 Å². The van der Waals surface area contributed by atoms with Crippen molar-refractivity contribution in [2.45, 2.75) is 12.7 Å². The molecule has 0 radical (unpaired) electrons. The monoisotopic (exact) mass is 254 g/mol. The normalized spacial score (nSPS) is 12.1. The zero-order valence-corrected chi connectivity index (χ0v) is 10.6. The van der Waals surface area contributed by atoms with Crippen molar-refractivity contribution in [3.63, 3.8) is 0 Å². The van der Waals surface area contributed by atoms with Crippen molar-refractivity contribution in [2.24, 2.45) is 5.73 Å². The van der Waals surface area contributed by atoms with E-state index in [1.165, 1.54) is 11.8 Å². The fourth-order valence-electron chi connectivity index (χ4n) is 1.78. The van der Waals surface area contributed by atoms with Gasteiger partial charge in [0, 0.05) is 12.8 Å². The van der Waals surface area contributed by atoms with Gasteiger partial charge in [-0.3, -0.25) is 5.43 Å². The minimum absolute atomic E-state index is 0.302. The summed E-state index contributed by atoms with van der Waals surface area (Å²) in [4.78, 5) is 0. The number of hydrogen-bond acceptors (Lipinski definition) is 4. The second-order valence-electron chi connectivity index (χ2n) is 4.28. The molecule has 2 aromatic rings. The molecule has 2 rings (SSSR count). The summed E-state index contributed by atoms with van der Waals surface area (Å²) in [5.74, 6) is 0. The average Bonchev–Trinajstić information content (AvgIpc) is 2.48. The topological polar surface area (TPSA) is 73.9 Å². The van der Waals surface area contributed by atoms with Gasteiger partial charge in [-0.2, -0.15) is 0 Å². The lowest BCUT2D eigenvalue weighted by atomic mass is 10.1. The summed E-state index contributed by atoms with van der Waals surface area (Å²) in [5.41, 5.74) is 15.2. The van der Waals surface area contributed by atoms with Gasteiger partial charge in [-0.15, -0.1) is 0 Å². The molecule has 5 N–H and O–H groups in total. The summed E-state index contributed by atoms with van der Waals surface area (Å²) in [5, 5.41) is 7.23. The van der Waals surface area contributed by atoms with Crippen molar-refractivity contribution in [1.29, 1.82) is 5.41 Å². The van der Waals surface area contributed by atoms with Gasteiger partial charge >= 0.3 is 0 Å². The van der Waals surface area contributed by atoms with Crippen LogP contribution in [0.25, 0.3) is 0 Å². The molecule has 0 saturated heterocycles. The molecular formula is C15H18N4. The van der Waals surface area contributed by atoms with E-state index >= 15 is 0 Å². The van der Waals surface area contributed by atoms with Gasteiger partial charge in [0.1, 0.15) is 0 Å². The summed E-state index contributed by atoms with van der Waals surface area (Å²) < 4.78 is 0. The fourth-order valence-corrected chi connectivity index (χ4v) is 1.78. The van der Waals surface area contributed by atoms with Gasteiger partial charge in [-0.25, -0.2) is 5.43 Å². The van der Waals surface area contributed by atoms with Gasteiger partial charge in [0.15, 0.2) is 0 Å². The minimum atomic E-state index is -0.302. The van der Waals surface area contributed by atoms with Crippen LogP contribution in [0.3, 0.4) is 0 Å². The van der Waals surface area contributed by atoms with Crippen molar-refractivity contribution >= 4 is 6.21 Å². The highest BCUT2D eigenvalue weighted by molar-refractivity contribution is 5.77.